The maximum atomic E-state index is 2.26. The molecule has 21 heavy (non-hydrogen) atoms. The van der Waals surface area contributed by atoms with Crippen molar-refractivity contribution in [3.63, 3.8) is 0 Å². The molecule has 2 rings (SSSR count). The maximum absolute atomic E-state index is 2.26. The Labute approximate surface area is 146 Å². The van der Waals surface area contributed by atoms with Gasteiger partial charge < -0.3 is 0 Å². The summed E-state index contributed by atoms with van der Waals surface area (Å²) in [6, 6.07) is 10.8. The monoisotopic (exact) mass is 354 g/mol. The van der Waals surface area contributed by atoms with E-state index in [1.54, 1.807) is 0 Å². The molecule has 4 heteroatoms. The van der Waals surface area contributed by atoms with Crippen molar-refractivity contribution in [1.29, 1.82) is 0 Å². The molecule has 0 aromatic heterocycles. The molecule has 0 bridgehead atoms. The third-order valence-electron chi connectivity index (χ3n) is 3.10. The average Bonchev–Trinajstić information content (AvgIpc) is 2.83. The van der Waals surface area contributed by atoms with E-state index in [9.17, 15) is 0 Å². The predicted molar refractivity (Wildman–Crippen MR) is 106 cm³/mol. The fourth-order valence-electron chi connectivity index (χ4n) is 1.72. The SMILES string of the molecule is CCCCSC(SCc1ccccc1)=C1SC(C)=C(C)S1. The van der Waals surface area contributed by atoms with Gasteiger partial charge in [0.25, 0.3) is 0 Å². The molecular weight excluding hydrogens is 332 g/mol. The van der Waals surface area contributed by atoms with Crippen molar-refractivity contribution in [3.05, 3.63) is 54.2 Å². The van der Waals surface area contributed by atoms with Crippen LogP contribution in [0.5, 0.6) is 0 Å². The Morgan fingerprint density at radius 3 is 2.29 bits per heavy atom. The average molecular weight is 355 g/mol. The van der Waals surface area contributed by atoms with Crippen molar-refractivity contribution in [2.24, 2.45) is 0 Å². The molecule has 0 aliphatic carbocycles. The summed E-state index contributed by atoms with van der Waals surface area (Å²) in [4.78, 5) is 2.92. The van der Waals surface area contributed by atoms with E-state index in [0.29, 0.717) is 0 Å². The molecule has 0 saturated heterocycles. The number of allylic oxidation sites excluding steroid dienone is 2. The van der Waals surface area contributed by atoms with E-state index in [0.717, 1.165) is 5.75 Å². The van der Waals surface area contributed by atoms with Crippen LogP contribution in [-0.2, 0) is 5.75 Å². The Hall–Kier alpha value is 0.1000. The minimum absolute atomic E-state index is 1.07. The third kappa shape index (κ3) is 5.66. The molecule has 0 saturated carbocycles. The standard InChI is InChI=1S/C17H22S4/c1-4-5-11-18-16(17-20-13(2)14(3)21-17)19-12-15-9-7-6-8-10-15/h6-10H,4-5,11-12H2,1-3H3. The first-order valence-electron chi connectivity index (χ1n) is 7.27. The Morgan fingerprint density at radius 2 is 1.67 bits per heavy atom. The van der Waals surface area contributed by atoms with E-state index >= 15 is 0 Å². The van der Waals surface area contributed by atoms with E-state index < -0.39 is 0 Å². The van der Waals surface area contributed by atoms with E-state index in [1.165, 1.54) is 42.4 Å². The summed E-state index contributed by atoms with van der Waals surface area (Å²) in [6.45, 7) is 6.73. The van der Waals surface area contributed by atoms with Gasteiger partial charge in [-0.25, -0.2) is 0 Å². The molecule has 0 unspecified atom stereocenters. The van der Waals surface area contributed by atoms with Crippen LogP contribution in [-0.4, -0.2) is 5.75 Å². The molecule has 1 aromatic carbocycles. The second-order valence-corrected chi connectivity index (χ2v) is 9.92. The Kier molecular flexibility index (Phi) is 7.72. The normalized spacial score (nSPS) is 14.9. The summed E-state index contributed by atoms with van der Waals surface area (Å²) >= 11 is 7.95. The highest BCUT2D eigenvalue weighted by Gasteiger charge is 2.19. The van der Waals surface area contributed by atoms with Crippen LogP contribution in [0.4, 0.5) is 0 Å². The van der Waals surface area contributed by atoms with Gasteiger partial charge >= 0.3 is 0 Å². The number of rotatable bonds is 7. The number of hydrogen-bond acceptors (Lipinski definition) is 4. The first-order valence-corrected chi connectivity index (χ1v) is 10.9. The van der Waals surface area contributed by atoms with Gasteiger partial charge in [0.05, 0.1) is 8.47 Å². The van der Waals surface area contributed by atoms with Gasteiger partial charge in [0, 0.05) is 5.75 Å². The van der Waals surface area contributed by atoms with E-state index in [4.69, 9.17) is 0 Å². The molecule has 114 valence electrons. The third-order valence-corrected chi connectivity index (χ3v) is 8.86. The van der Waals surface area contributed by atoms with E-state index in [1.807, 2.05) is 47.0 Å². The number of hydrogen-bond donors (Lipinski definition) is 0. The molecule has 0 amide bonds. The molecule has 0 nitrogen and oxygen atoms in total. The topological polar surface area (TPSA) is 0 Å². The smallest absolute Gasteiger partial charge is 0.0693 e. The maximum Gasteiger partial charge on any atom is 0.0693 e. The lowest BCUT2D eigenvalue weighted by molar-refractivity contribution is 0.897. The minimum Gasteiger partial charge on any atom is -0.118 e. The summed E-state index contributed by atoms with van der Waals surface area (Å²) in [5.74, 6) is 2.30. The lowest BCUT2D eigenvalue weighted by atomic mass is 10.2. The molecule has 0 fully saturated rings. The van der Waals surface area contributed by atoms with Crippen molar-refractivity contribution >= 4 is 47.0 Å². The lowest BCUT2D eigenvalue weighted by Crippen LogP contribution is -1.84. The van der Waals surface area contributed by atoms with Crippen LogP contribution in [0.15, 0.2) is 48.6 Å². The van der Waals surface area contributed by atoms with Gasteiger partial charge in [0.1, 0.15) is 0 Å². The van der Waals surface area contributed by atoms with Crippen LogP contribution in [0, 0.1) is 0 Å². The summed E-state index contributed by atoms with van der Waals surface area (Å²) < 4.78 is 3.01. The van der Waals surface area contributed by atoms with Gasteiger partial charge in [-0.15, -0.1) is 23.5 Å². The highest BCUT2D eigenvalue weighted by molar-refractivity contribution is 8.31. The first-order chi connectivity index (χ1) is 10.2. The second-order valence-electron chi connectivity index (χ2n) is 4.87. The van der Waals surface area contributed by atoms with Gasteiger partial charge in [0.2, 0.25) is 0 Å². The van der Waals surface area contributed by atoms with E-state index in [-0.39, 0.29) is 0 Å². The minimum atomic E-state index is 1.07. The van der Waals surface area contributed by atoms with Gasteiger partial charge in [0.15, 0.2) is 0 Å². The van der Waals surface area contributed by atoms with Crippen molar-refractivity contribution in [3.8, 4) is 0 Å². The largest absolute Gasteiger partial charge is 0.118 e. The highest BCUT2D eigenvalue weighted by atomic mass is 32.2. The fourth-order valence-corrected chi connectivity index (χ4v) is 7.21. The molecule has 1 aromatic rings. The summed E-state index contributed by atoms with van der Waals surface area (Å²) in [7, 11) is 0. The summed E-state index contributed by atoms with van der Waals surface area (Å²) in [5, 5.41) is 0. The number of thioether (sulfide) groups is 4. The van der Waals surface area contributed by atoms with Gasteiger partial charge in [-0.2, -0.15) is 0 Å². The molecule has 0 radical (unpaired) electrons. The molecule has 0 atom stereocenters. The molecule has 0 N–H and O–H groups in total. The Balaban J connectivity index is 2.01. The number of benzene rings is 1. The lowest BCUT2D eigenvalue weighted by Gasteiger charge is -2.10. The van der Waals surface area contributed by atoms with Gasteiger partial charge in [-0.1, -0.05) is 67.2 Å². The zero-order valence-corrected chi connectivity index (χ0v) is 16.1. The molecule has 0 spiro atoms. The van der Waals surface area contributed by atoms with E-state index in [2.05, 4.69) is 51.1 Å². The van der Waals surface area contributed by atoms with Crippen LogP contribution in [0.1, 0.15) is 39.2 Å². The van der Waals surface area contributed by atoms with Crippen LogP contribution < -0.4 is 0 Å². The van der Waals surface area contributed by atoms with Crippen LogP contribution in [0.25, 0.3) is 0 Å². The quantitative estimate of drug-likeness (QED) is 0.470. The first kappa shape index (κ1) is 17.5. The molecule has 1 heterocycles. The van der Waals surface area contributed by atoms with Crippen molar-refractivity contribution in [2.75, 3.05) is 5.75 Å². The van der Waals surface area contributed by atoms with Crippen molar-refractivity contribution in [1.82, 2.24) is 0 Å². The summed E-state index contributed by atoms with van der Waals surface area (Å²) in [5.41, 5.74) is 1.41. The van der Waals surface area contributed by atoms with Crippen LogP contribution in [0.2, 0.25) is 0 Å². The van der Waals surface area contributed by atoms with Crippen molar-refractivity contribution < 1.29 is 0 Å². The zero-order chi connectivity index (χ0) is 15.1. The Bertz CT molecular complexity index is 501. The molecular formula is C17H22S4. The highest BCUT2D eigenvalue weighted by Crippen LogP contribution is 2.54. The molecule has 1 aliphatic rings. The van der Waals surface area contributed by atoms with Gasteiger partial charge in [-0.3, -0.25) is 0 Å². The van der Waals surface area contributed by atoms with Crippen LogP contribution >= 0.6 is 47.0 Å². The predicted octanol–water partition coefficient (Wildman–Crippen LogP) is 7.31. The molecule has 1 aliphatic heterocycles. The fraction of sp³-hybridized carbons (Fsp3) is 0.412. The second kappa shape index (κ2) is 9.29. The number of unbranched alkanes of at least 4 members (excludes halogenated alkanes) is 1. The summed E-state index contributed by atoms with van der Waals surface area (Å²) in [6.07, 6.45) is 2.57. The zero-order valence-electron chi connectivity index (χ0n) is 12.8. The van der Waals surface area contributed by atoms with Crippen LogP contribution in [0.3, 0.4) is 0 Å². The van der Waals surface area contributed by atoms with Gasteiger partial charge in [-0.05, 0) is 41.4 Å². The Morgan fingerprint density at radius 1 is 1.00 bits per heavy atom. The van der Waals surface area contributed by atoms with Crippen molar-refractivity contribution in [2.45, 2.75) is 39.4 Å².